The van der Waals surface area contributed by atoms with Crippen molar-refractivity contribution in [1.82, 2.24) is 4.98 Å². The maximum atomic E-state index is 13.9. The average molecular weight is 414 g/mol. The second-order valence-electron chi connectivity index (χ2n) is 6.03. The molecular weight excluding hydrogens is 392 g/mol. The maximum absolute atomic E-state index is 13.9. The van der Waals surface area contributed by atoms with E-state index >= 15 is 0 Å². The number of pyridine rings is 1. The van der Waals surface area contributed by atoms with E-state index in [9.17, 15) is 22.4 Å². The summed E-state index contributed by atoms with van der Waals surface area (Å²) in [6.07, 6.45) is -2.35. The molecule has 2 heterocycles. The molecule has 0 bridgehead atoms. The molecule has 0 saturated carbocycles. The Balaban J connectivity index is 0.00000136. The SMILES string of the molecule is CC.Cc1cccc2c1N(C(=O)CSc1ncc(C(F)(F)F)cc1F)CCC2. The summed E-state index contributed by atoms with van der Waals surface area (Å²) in [6.45, 7) is 6.49. The lowest BCUT2D eigenvalue weighted by molar-refractivity contribution is -0.138. The summed E-state index contributed by atoms with van der Waals surface area (Å²) in [5.74, 6) is -1.39. The van der Waals surface area contributed by atoms with E-state index in [2.05, 4.69) is 4.98 Å². The average Bonchev–Trinajstić information content (AvgIpc) is 2.67. The van der Waals surface area contributed by atoms with Crippen molar-refractivity contribution in [2.75, 3.05) is 17.2 Å². The molecular formula is C20H22F4N2OS. The number of benzene rings is 1. The number of nitrogens with zero attached hydrogens (tertiary/aromatic N) is 2. The Bertz CT molecular complexity index is 839. The van der Waals surface area contributed by atoms with Crippen LogP contribution in [0.3, 0.4) is 0 Å². The van der Waals surface area contributed by atoms with Crippen LogP contribution in [0.4, 0.5) is 23.2 Å². The van der Waals surface area contributed by atoms with Crippen molar-refractivity contribution in [3.8, 4) is 0 Å². The van der Waals surface area contributed by atoms with Gasteiger partial charge in [0.05, 0.1) is 11.3 Å². The highest BCUT2D eigenvalue weighted by Crippen LogP contribution is 2.33. The van der Waals surface area contributed by atoms with Crippen molar-refractivity contribution < 1.29 is 22.4 Å². The van der Waals surface area contributed by atoms with E-state index in [4.69, 9.17) is 0 Å². The molecule has 0 aliphatic carbocycles. The van der Waals surface area contributed by atoms with Crippen LogP contribution >= 0.6 is 11.8 Å². The Morgan fingerprint density at radius 2 is 2.00 bits per heavy atom. The Morgan fingerprint density at radius 3 is 2.64 bits per heavy atom. The van der Waals surface area contributed by atoms with Gasteiger partial charge in [0.15, 0.2) is 5.82 Å². The van der Waals surface area contributed by atoms with Gasteiger partial charge in [-0.05, 0) is 37.0 Å². The van der Waals surface area contributed by atoms with Crippen LogP contribution in [0, 0.1) is 12.7 Å². The van der Waals surface area contributed by atoms with Crippen LogP contribution in [0.25, 0.3) is 0 Å². The minimum atomic E-state index is -4.65. The van der Waals surface area contributed by atoms with Crippen LogP contribution in [0.5, 0.6) is 0 Å². The van der Waals surface area contributed by atoms with Crippen molar-refractivity contribution in [2.45, 2.75) is 44.8 Å². The standard InChI is InChI=1S/C18H16F4N2OS.C2H6/c1-11-4-2-5-12-6-3-7-24(16(11)12)15(25)10-26-17-14(19)8-13(9-23-17)18(20,21)22;1-2/h2,4-5,8-9H,3,6-7,10H2,1H3;1-2H3. The van der Waals surface area contributed by atoms with Crippen LogP contribution in [0.15, 0.2) is 35.5 Å². The number of fused-ring (bicyclic) bond motifs is 1. The lowest BCUT2D eigenvalue weighted by Gasteiger charge is -2.31. The number of amides is 1. The lowest BCUT2D eigenvalue weighted by atomic mass is 9.98. The summed E-state index contributed by atoms with van der Waals surface area (Å²) < 4.78 is 51.6. The number of halogens is 4. The molecule has 0 spiro atoms. The summed E-state index contributed by atoms with van der Waals surface area (Å²) in [7, 11) is 0. The zero-order valence-electron chi connectivity index (χ0n) is 15.9. The van der Waals surface area contributed by atoms with Gasteiger partial charge in [0.2, 0.25) is 5.91 Å². The first-order valence-electron chi connectivity index (χ1n) is 9.02. The molecule has 28 heavy (non-hydrogen) atoms. The third kappa shape index (κ3) is 5.04. The number of hydrogen-bond donors (Lipinski definition) is 0. The fourth-order valence-corrected chi connectivity index (χ4v) is 3.73. The number of hydrogen-bond acceptors (Lipinski definition) is 3. The number of para-hydroxylation sites is 1. The smallest absolute Gasteiger partial charge is 0.311 e. The molecule has 0 N–H and O–H groups in total. The van der Waals surface area contributed by atoms with Crippen molar-refractivity contribution >= 4 is 23.4 Å². The van der Waals surface area contributed by atoms with Gasteiger partial charge < -0.3 is 4.90 Å². The molecule has 8 heteroatoms. The van der Waals surface area contributed by atoms with Crippen LogP contribution in [-0.4, -0.2) is 23.2 Å². The number of rotatable bonds is 3. The molecule has 152 valence electrons. The third-order valence-corrected chi connectivity index (χ3v) is 5.15. The molecule has 3 nitrogen and oxygen atoms in total. The highest BCUT2D eigenvalue weighted by atomic mass is 32.2. The first-order chi connectivity index (χ1) is 13.3. The monoisotopic (exact) mass is 414 g/mol. The molecule has 0 fully saturated rings. The van der Waals surface area contributed by atoms with Gasteiger partial charge in [0.25, 0.3) is 0 Å². The van der Waals surface area contributed by atoms with Crippen molar-refractivity contribution in [3.63, 3.8) is 0 Å². The molecule has 0 radical (unpaired) electrons. The first kappa shape index (κ1) is 22.2. The molecule has 0 unspecified atom stereocenters. The number of carbonyl (C=O) groups excluding carboxylic acids is 1. The first-order valence-corrected chi connectivity index (χ1v) is 10.0. The molecule has 1 aliphatic rings. The topological polar surface area (TPSA) is 33.2 Å². The predicted octanol–water partition coefficient (Wildman–Crippen LogP) is 5.65. The van der Waals surface area contributed by atoms with Gasteiger partial charge in [-0.15, -0.1) is 0 Å². The van der Waals surface area contributed by atoms with Gasteiger partial charge in [0.1, 0.15) is 5.03 Å². The largest absolute Gasteiger partial charge is 0.417 e. The highest BCUT2D eigenvalue weighted by molar-refractivity contribution is 7.99. The van der Waals surface area contributed by atoms with E-state index in [0.29, 0.717) is 18.8 Å². The number of thioether (sulfide) groups is 1. The minimum Gasteiger partial charge on any atom is -0.311 e. The van der Waals surface area contributed by atoms with E-state index < -0.39 is 17.6 Å². The quantitative estimate of drug-likeness (QED) is 0.481. The van der Waals surface area contributed by atoms with Gasteiger partial charge in [-0.3, -0.25) is 4.79 Å². The number of carbonyl (C=O) groups is 1. The Hall–Kier alpha value is -2.09. The van der Waals surface area contributed by atoms with E-state index in [-0.39, 0.29) is 16.7 Å². The normalized spacial score (nSPS) is 13.5. The summed E-state index contributed by atoms with van der Waals surface area (Å²) in [6, 6.07) is 6.25. The minimum absolute atomic E-state index is 0.0942. The second kappa shape index (κ2) is 9.41. The van der Waals surface area contributed by atoms with Gasteiger partial charge in [-0.1, -0.05) is 43.8 Å². The molecule has 1 amide bonds. The predicted molar refractivity (Wildman–Crippen MR) is 103 cm³/mol. The number of aryl methyl sites for hydroxylation is 2. The van der Waals surface area contributed by atoms with Crippen molar-refractivity contribution in [1.29, 1.82) is 0 Å². The molecule has 0 atom stereocenters. The third-order valence-electron chi connectivity index (χ3n) is 4.19. The van der Waals surface area contributed by atoms with Crippen LogP contribution < -0.4 is 4.90 Å². The molecule has 1 aromatic heterocycles. The molecule has 1 aliphatic heterocycles. The summed E-state index contributed by atoms with van der Waals surface area (Å²) in [5, 5.41) is -0.214. The van der Waals surface area contributed by atoms with Crippen molar-refractivity contribution in [3.05, 3.63) is 53.0 Å². The van der Waals surface area contributed by atoms with Crippen molar-refractivity contribution in [2.24, 2.45) is 0 Å². The van der Waals surface area contributed by atoms with Crippen LogP contribution in [0.1, 0.15) is 37.0 Å². The van der Waals surface area contributed by atoms with Gasteiger partial charge in [-0.2, -0.15) is 13.2 Å². The van der Waals surface area contributed by atoms with E-state index in [1.165, 1.54) is 0 Å². The van der Waals surface area contributed by atoms with E-state index in [0.717, 1.165) is 41.4 Å². The fourth-order valence-electron chi connectivity index (χ4n) is 2.99. The Kier molecular flexibility index (Phi) is 7.46. The molecule has 3 rings (SSSR count). The van der Waals surface area contributed by atoms with Crippen LogP contribution in [0.2, 0.25) is 0 Å². The lowest BCUT2D eigenvalue weighted by Crippen LogP contribution is -2.37. The van der Waals surface area contributed by atoms with E-state index in [1.807, 2.05) is 39.0 Å². The number of aromatic nitrogens is 1. The Morgan fingerprint density at radius 1 is 1.29 bits per heavy atom. The summed E-state index contributed by atoms with van der Waals surface area (Å²) >= 11 is 0.804. The van der Waals surface area contributed by atoms with Crippen LogP contribution in [-0.2, 0) is 17.4 Å². The highest BCUT2D eigenvalue weighted by Gasteiger charge is 2.32. The van der Waals surface area contributed by atoms with Gasteiger partial charge >= 0.3 is 6.18 Å². The van der Waals surface area contributed by atoms with E-state index in [1.54, 1.807) is 4.90 Å². The Labute approximate surface area is 166 Å². The summed E-state index contributed by atoms with van der Waals surface area (Å²) in [5.41, 5.74) is 1.81. The summed E-state index contributed by atoms with van der Waals surface area (Å²) in [4.78, 5) is 17.8. The molecule has 2 aromatic rings. The van der Waals surface area contributed by atoms with Gasteiger partial charge in [0, 0.05) is 18.4 Å². The fraction of sp³-hybridized carbons (Fsp3) is 0.400. The number of alkyl halides is 3. The zero-order valence-corrected chi connectivity index (χ0v) is 16.8. The molecule has 0 saturated heterocycles. The zero-order chi connectivity index (χ0) is 20.9. The second-order valence-corrected chi connectivity index (χ2v) is 6.99. The molecule has 1 aromatic carbocycles. The van der Waals surface area contributed by atoms with Gasteiger partial charge in [-0.25, -0.2) is 9.37 Å². The number of anilines is 1. The maximum Gasteiger partial charge on any atom is 0.417 e.